The van der Waals surface area contributed by atoms with Crippen molar-refractivity contribution >= 4 is 17.5 Å². The SMILES string of the molecule is CC1(C)CN(C(=O)c2cc(Cl)ccc2O)CC(CO)O1. The second-order valence-corrected chi connectivity index (χ2v) is 5.97. The van der Waals surface area contributed by atoms with Gasteiger partial charge in [-0.05, 0) is 32.0 Å². The number of amides is 1. The molecule has 0 aliphatic carbocycles. The maximum Gasteiger partial charge on any atom is 0.257 e. The number of aliphatic hydroxyl groups is 1. The molecule has 1 unspecified atom stereocenters. The fraction of sp³-hybridized carbons (Fsp3) is 0.500. The summed E-state index contributed by atoms with van der Waals surface area (Å²) >= 11 is 5.87. The van der Waals surface area contributed by atoms with Crippen molar-refractivity contribution in [3.05, 3.63) is 28.8 Å². The molecule has 1 aromatic carbocycles. The molecule has 0 bridgehead atoms. The third kappa shape index (κ3) is 3.23. The molecular formula is C14H18ClNO4. The van der Waals surface area contributed by atoms with Gasteiger partial charge in [0.15, 0.2) is 0 Å². The van der Waals surface area contributed by atoms with Crippen LogP contribution in [-0.2, 0) is 4.74 Å². The second kappa shape index (κ2) is 5.60. The van der Waals surface area contributed by atoms with Crippen LogP contribution in [0, 0.1) is 0 Å². The summed E-state index contributed by atoms with van der Waals surface area (Å²) in [5.74, 6) is -0.427. The van der Waals surface area contributed by atoms with Gasteiger partial charge in [-0.3, -0.25) is 4.79 Å². The molecule has 2 rings (SSSR count). The van der Waals surface area contributed by atoms with Crippen molar-refractivity contribution < 1.29 is 19.7 Å². The van der Waals surface area contributed by atoms with Crippen molar-refractivity contribution in [2.24, 2.45) is 0 Å². The molecule has 0 spiro atoms. The standard InChI is InChI=1S/C14H18ClNO4/c1-14(2)8-16(6-10(7-17)20-14)13(19)11-5-9(15)3-4-12(11)18/h3-5,10,17-18H,6-8H2,1-2H3. The van der Waals surface area contributed by atoms with Crippen LogP contribution in [0.25, 0.3) is 0 Å². The fourth-order valence-electron chi connectivity index (χ4n) is 2.40. The topological polar surface area (TPSA) is 70.0 Å². The lowest BCUT2D eigenvalue weighted by atomic mass is 10.0. The number of hydrogen-bond donors (Lipinski definition) is 2. The highest BCUT2D eigenvalue weighted by Gasteiger charge is 2.36. The number of halogens is 1. The zero-order valence-corrected chi connectivity index (χ0v) is 12.2. The fourth-order valence-corrected chi connectivity index (χ4v) is 2.57. The predicted octanol–water partition coefficient (Wildman–Crippen LogP) is 1.66. The summed E-state index contributed by atoms with van der Waals surface area (Å²) in [6.07, 6.45) is -0.427. The van der Waals surface area contributed by atoms with Crippen molar-refractivity contribution in [2.75, 3.05) is 19.7 Å². The van der Waals surface area contributed by atoms with E-state index in [1.165, 1.54) is 18.2 Å². The summed E-state index contributed by atoms with van der Waals surface area (Å²) in [4.78, 5) is 14.1. The average Bonchev–Trinajstić information content (AvgIpc) is 2.38. The van der Waals surface area contributed by atoms with E-state index in [1.54, 1.807) is 4.90 Å². The molecule has 2 N–H and O–H groups in total. The number of carbonyl (C=O) groups excluding carboxylic acids is 1. The zero-order chi connectivity index (χ0) is 14.9. The molecule has 1 atom stereocenters. The van der Waals surface area contributed by atoms with E-state index < -0.39 is 11.7 Å². The smallest absolute Gasteiger partial charge is 0.257 e. The largest absolute Gasteiger partial charge is 0.507 e. The number of morpholine rings is 1. The number of aliphatic hydroxyl groups excluding tert-OH is 1. The Balaban J connectivity index is 2.25. The summed E-state index contributed by atoms with van der Waals surface area (Å²) in [6.45, 7) is 4.22. The summed E-state index contributed by atoms with van der Waals surface area (Å²) in [5.41, 5.74) is -0.387. The average molecular weight is 300 g/mol. The van der Waals surface area contributed by atoms with E-state index in [-0.39, 0.29) is 30.4 Å². The molecule has 1 fully saturated rings. The van der Waals surface area contributed by atoms with Crippen LogP contribution in [0.1, 0.15) is 24.2 Å². The van der Waals surface area contributed by atoms with Crippen molar-refractivity contribution in [1.29, 1.82) is 0 Å². The first-order valence-corrected chi connectivity index (χ1v) is 6.76. The summed E-state index contributed by atoms with van der Waals surface area (Å²) in [6, 6.07) is 4.35. The van der Waals surface area contributed by atoms with Crippen LogP contribution >= 0.6 is 11.6 Å². The monoisotopic (exact) mass is 299 g/mol. The van der Waals surface area contributed by atoms with E-state index in [2.05, 4.69) is 0 Å². The Morgan fingerprint density at radius 2 is 2.25 bits per heavy atom. The van der Waals surface area contributed by atoms with Gasteiger partial charge in [0.05, 0.1) is 23.9 Å². The van der Waals surface area contributed by atoms with Crippen molar-refractivity contribution in [3.63, 3.8) is 0 Å². The van der Waals surface area contributed by atoms with E-state index in [4.69, 9.17) is 16.3 Å². The number of benzene rings is 1. The Morgan fingerprint density at radius 1 is 1.55 bits per heavy atom. The minimum Gasteiger partial charge on any atom is -0.507 e. The van der Waals surface area contributed by atoms with Crippen LogP contribution in [0.3, 0.4) is 0 Å². The number of carbonyl (C=O) groups is 1. The van der Waals surface area contributed by atoms with Crippen LogP contribution < -0.4 is 0 Å². The molecule has 20 heavy (non-hydrogen) atoms. The van der Waals surface area contributed by atoms with Gasteiger partial charge in [-0.25, -0.2) is 0 Å². The maximum absolute atomic E-state index is 12.5. The zero-order valence-electron chi connectivity index (χ0n) is 11.5. The first kappa shape index (κ1) is 15.1. The number of phenols is 1. The molecule has 6 heteroatoms. The Labute approximate surface area is 122 Å². The van der Waals surface area contributed by atoms with Gasteiger partial charge in [0.2, 0.25) is 0 Å². The normalized spacial score (nSPS) is 21.8. The first-order chi connectivity index (χ1) is 9.32. The molecule has 0 radical (unpaired) electrons. The first-order valence-electron chi connectivity index (χ1n) is 6.39. The number of hydrogen-bond acceptors (Lipinski definition) is 4. The van der Waals surface area contributed by atoms with Crippen LogP contribution in [0.15, 0.2) is 18.2 Å². The quantitative estimate of drug-likeness (QED) is 0.871. The van der Waals surface area contributed by atoms with E-state index in [1.807, 2.05) is 13.8 Å². The maximum atomic E-state index is 12.5. The van der Waals surface area contributed by atoms with Crippen molar-refractivity contribution in [3.8, 4) is 5.75 Å². The van der Waals surface area contributed by atoms with E-state index in [0.29, 0.717) is 11.6 Å². The van der Waals surface area contributed by atoms with Crippen LogP contribution in [0.2, 0.25) is 5.02 Å². The Bertz CT molecular complexity index is 518. The van der Waals surface area contributed by atoms with Gasteiger partial charge in [0.1, 0.15) is 5.75 Å². The number of nitrogens with zero attached hydrogens (tertiary/aromatic N) is 1. The van der Waals surface area contributed by atoms with E-state index in [9.17, 15) is 15.0 Å². The molecule has 0 aromatic heterocycles. The van der Waals surface area contributed by atoms with Gasteiger partial charge in [0.25, 0.3) is 5.91 Å². The number of rotatable bonds is 2. The highest BCUT2D eigenvalue weighted by atomic mass is 35.5. The summed E-state index contributed by atoms with van der Waals surface area (Å²) in [5, 5.41) is 19.4. The molecule has 0 saturated carbocycles. The van der Waals surface area contributed by atoms with Gasteiger partial charge in [-0.1, -0.05) is 11.6 Å². The molecular weight excluding hydrogens is 282 g/mol. The lowest BCUT2D eigenvalue weighted by molar-refractivity contribution is -0.139. The lowest BCUT2D eigenvalue weighted by Crippen LogP contribution is -2.55. The molecule has 1 saturated heterocycles. The lowest BCUT2D eigenvalue weighted by Gasteiger charge is -2.42. The highest BCUT2D eigenvalue weighted by molar-refractivity contribution is 6.31. The van der Waals surface area contributed by atoms with E-state index in [0.717, 1.165) is 0 Å². The van der Waals surface area contributed by atoms with Crippen LogP contribution in [0.5, 0.6) is 5.75 Å². The third-order valence-electron chi connectivity index (χ3n) is 3.16. The minimum atomic E-state index is -0.546. The number of phenolic OH excluding ortho intramolecular Hbond substituents is 1. The third-order valence-corrected chi connectivity index (χ3v) is 3.40. The molecule has 1 aliphatic rings. The molecule has 5 nitrogen and oxygen atoms in total. The molecule has 110 valence electrons. The Hall–Kier alpha value is -1.30. The van der Waals surface area contributed by atoms with Gasteiger partial charge in [0, 0.05) is 18.1 Å². The van der Waals surface area contributed by atoms with Crippen LogP contribution in [0.4, 0.5) is 0 Å². The second-order valence-electron chi connectivity index (χ2n) is 5.53. The Kier molecular flexibility index (Phi) is 4.22. The number of ether oxygens (including phenoxy) is 1. The minimum absolute atomic E-state index is 0.107. The van der Waals surface area contributed by atoms with Gasteiger partial charge < -0.3 is 19.8 Å². The molecule has 1 amide bonds. The van der Waals surface area contributed by atoms with Gasteiger partial charge >= 0.3 is 0 Å². The highest BCUT2D eigenvalue weighted by Crippen LogP contribution is 2.27. The predicted molar refractivity (Wildman–Crippen MR) is 75.1 cm³/mol. The van der Waals surface area contributed by atoms with Gasteiger partial charge in [-0.15, -0.1) is 0 Å². The van der Waals surface area contributed by atoms with Crippen molar-refractivity contribution in [2.45, 2.75) is 25.6 Å². The molecule has 1 heterocycles. The summed E-state index contributed by atoms with van der Waals surface area (Å²) < 4.78 is 5.66. The van der Waals surface area contributed by atoms with Crippen molar-refractivity contribution in [1.82, 2.24) is 4.90 Å². The number of aromatic hydroxyl groups is 1. The van der Waals surface area contributed by atoms with Gasteiger partial charge in [-0.2, -0.15) is 0 Å². The van der Waals surface area contributed by atoms with E-state index >= 15 is 0 Å². The molecule has 1 aliphatic heterocycles. The van der Waals surface area contributed by atoms with Crippen LogP contribution in [-0.4, -0.2) is 52.4 Å². The Morgan fingerprint density at radius 3 is 2.90 bits per heavy atom. The summed E-state index contributed by atoms with van der Waals surface area (Å²) in [7, 11) is 0. The molecule has 1 aromatic rings.